The molecule has 4 heteroatoms. The summed E-state index contributed by atoms with van der Waals surface area (Å²) >= 11 is 0. The maximum atomic E-state index is 11.9. The standard InChI is InChI=1S/C13H11N3O/c1-2-11-15-12-9(13(17)16-11)7-8-5-3-4-6-10(8)14-12/h3-7H,2H2,1H3,(H,14,15,16,17). The minimum atomic E-state index is -0.120. The summed E-state index contributed by atoms with van der Waals surface area (Å²) in [5.41, 5.74) is 1.26. The predicted octanol–water partition coefficient (Wildman–Crippen LogP) is 2.03. The third-order valence-electron chi connectivity index (χ3n) is 2.78. The minimum Gasteiger partial charge on any atom is -0.310 e. The van der Waals surface area contributed by atoms with Crippen LogP contribution in [0.3, 0.4) is 0 Å². The number of hydrogen-bond donors (Lipinski definition) is 1. The van der Waals surface area contributed by atoms with Crippen LogP contribution in [-0.2, 0) is 6.42 Å². The van der Waals surface area contributed by atoms with Gasteiger partial charge in [0.1, 0.15) is 5.82 Å². The Morgan fingerprint density at radius 1 is 1.24 bits per heavy atom. The topological polar surface area (TPSA) is 58.6 Å². The highest BCUT2D eigenvalue weighted by molar-refractivity contribution is 5.90. The number of para-hydroxylation sites is 1. The summed E-state index contributed by atoms with van der Waals surface area (Å²) in [6, 6.07) is 9.55. The molecule has 0 saturated heterocycles. The third kappa shape index (κ3) is 1.58. The van der Waals surface area contributed by atoms with E-state index in [1.165, 1.54) is 0 Å². The first-order chi connectivity index (χ1) is 8.28. The van der Waals surface area contributed by atoms with Crippen molar-refractivity contribution in [3.05, 3.63) is 46.5 Å². The molecule has 3 rings (SSSR count). The SMILES string of the molecule is CCc1nc2nc3ccccc3cc2c(=O)[nH]1. The smallest absolute Gasteiger partial charge is 0.260 e. The summed E-state index contributed by atoms with van der Waals surface area (Å²) in [4.78, 5) is 23.4. The highest BCUT2D eigenvalue weighted by Crippen LogP contribution is 2.15. The van der Waals surface area contributed by atoms with Crippen molar-refractivity contribution < 1.29 is 0 Å². The zero-order valence-corrected chi connectivity index (χ0v) is 9.40. The normalized spacial score (nSPS) is 11.1. The van der Waals surface area contributed by atoms with Gasteiger partial charge in [-0.05, 0) is 12.1 Å². The Labute approximate surface area is 97.3 Å². The van der Waals surface area contributed by atoms with Crippen LogP contribution >= 0.6 is 0 Å². The van der Waals surface area contributed by atoms with E-state index in [1.54, 1.807) is 0 Å². The molecule has 0 amide bonds. The van der Waals surface area contributed by atoms with Gasteiger partial charge in [-0.25, -0.2) is 9.97 Å². The van der Waals surface area contributed by atoms with Crippen LogP contribution < -0.4 is 5.56 Å². The fraction of sp³-hybridized carbons (Fsp3) is 0.154. The number of aromatic nitrogens is 3. The van der Waals surface area contributed by atoms with Gasteiger partial charge in [-0.15, -0.1) is 0 Å². The number of H-pyrrole nitrogens is 1. The summed E-state index contributed by atoms with van der Waals surface area (Å²) in [7, 11) is 0. The molecular weight excluding hydrogens is 214 g/mol. The van der Waals surface area contributed by atoms with E-state index in [0.717, 1.165) is 10.9 Å². The Morgan fingerprint density at radius 3 is 2.88 bits per heavy atom. The van der Waals surface area contributed by atoms with E-state index in [9.17, 15) is 4.79 Å². The Balaban J connectivity index is 2.47. The maximum absolute atomic E-state index is 11.9. The van der Waals surface area contributed by atoms with Crippen molar-refractivity contribution in [3.63, 3.8) is 0 Å². The highest BCUT2D eigenvalue weighted by Gasteiger charge is 2.05. The second-order valence-electron chi connectivity index (χ2n) is 3.92. The van der Waals surface area contributed by atoms with E-state index in [1.807, 2.05) is 37.3 Å². The van der Waals surface area contributed by atoms with E-state index in [4.69, 9.17) is 0 Å². The van der Waals surface area contributed by atoms with E-state index >= 15 is 0 Å². The molecule has 1 N–H and O–H groups in total. The molecule has 0 bridgehead atoms. The molecule has 0 unspecified atom stereocenters. The molecule has 0 atom stereocenters. The molecule has 2 heterocycles. The van der Waals surface area contributed by atoms with Gasteiger partial charge >= 0.3 is 0 Å². The molecular formula is C13H11N3O. The first-order valence-corrected chi connectivity index (χ1v) is 5.56. The lowest BCUT2D eigenvalue weighted by molar-refractivity contribution is 0.938. The molecule has 0 saturated carbocycles. The lowest BCUT2D eigenvalue weighted by atomic mass is 10.2. The van der Waals surface area contributed by atoms with E-state index in [-0.39, 0.29) is 5.56 Å². The van der Waals surface area contributed by atoms with E-state index in [2.05, 4.69) is 15.0 Å². The molecule has 84 valence electrons. The zero-order chi connectivity index (χ0) is 11.8. The van der Waals surface area contributed by atoms with Crippen molar-refractivity contribution in [2.75, 3.05) is 0 Å². The number of pyridine rings is 1. The summed E-state index contributed by atoms with van der Waals surface area (Å²) in [6.45, 7) is 1.95. The van der Waals surface area contributed by atoms with Gasteiger partial charge in [0, 0.05) is 11.8 Å². The predicted molar refractivity (Wildman–Crippen MR) is 67.0 cm³/mol. The van der Waals surface area contributed by atoms with Crippen molar-refractivity contribution in [1.82, 2.24) is 15.0 Å². The van der Waals surface area contributed by atoms with Gasteiger partial charge in [-0.2, -0.15) is 0 Å². The Morgan fingerprint density at radius 2 is 2.06 bits per heavy atom. The average molecular weight is 225 g/mol. The van der Waals surface area contributed by atoms with Crippen LogP contribution in [0, 0.1) is 0 Å². The number of benzene rings is 1. The Bertz CT molecular complexity index is 761. The van der Waals surface area contributed by atoms with E-state index < -0.39 is 0 Å². The van der Waals surface area contributed by atoms with Crippen LogP contribution in [0.25, 0.3) is 21.9 Å². The van der Waals surface area contributed by atoms with Crippen molar-refractivity contribution in [2.45, 2.75) is 13.3 Å². The summed E-state index contributed by atoms with van der Waals surface area (Å²) in [5, 5.41) is 1.50. The van der Waals surface area contributed by atoms with Gasteiger partial charge in [0.15, 0.2) is 5.65 Å². The fourth-order valence-electron chi connectivity index (χ4n) is 1.88. The van der Waals surface area contributed by atoms with Crippen molar-refractivity contribution in [2.24, 2.45) is 0 Å². The number of fused-ring (bicyclic) bond motifs is 2. The molecule has 0 aliphatic carbocycles. The number of aryl methyl sites for hydroxylation is 1. The maximum Gasteiger partial charge on any atom is 0.260 e. The number of nitrogens with zero attached hydrogens (tertiary/aromatic N) is 2. The van der Waals surface area contributed by atoms with Crippen molar-refractivity contribution in [3.8, 4) is 0 Å². The molecule has 0 fully saturated rings. The molecule has 0 spiro atoms. The van der Waals surface area contributed by atoms with Gasteiger partial charge in [0.05, 0.1) is 10.9 Å². The number of nitrogens with one attached hydrogen (secondary N) is 1. The molecule has 2 aromatic heterocycles. The van der Waals surface area contributed by atoms with Crippen LogP contribution in [0.4, 0.5) is 0 Å². The summed E-state index contributed by atoms with van der Waals surface area (Å²) in [5.74, 6) is 0.672. The Hall–Kier alpha value is -2.23. The van der Waals surface area contributed by atoms with Gasteiger partial charge in [-0.3, -0.25) is 4.79 Å². The third-order valence-corrected chi connectivity index (χ3v) is 2.78. The molecule has 17 heavy (non-hydrogen) atoms. The van der Waals surface area contributed by atoms with Crippen molar-refractivity contribution in [1.29, 1.82) is 0 Å². The second-order valence-corrected chi connectivity index (χ2v) is 3.92. The minimum absolute atomic E-state index is 0.120. The average Bonchev–Trinajstić information content (AvgIpc) is 2.36. The number of hydrogen-bond acceptors (Lipinski definition) is 3. The van der Waals surface area contributed by atoms with Crippen LogP contribution in [0.1, 0.15) is 12.7 Å². The second kappa shape index (κ2) is 3.66. The number of rotatable bonds is 1. The number of aromatic amines is 1. The monoisotopic (exact) mass is 225 g/mol. The van der Waals surface area contributed by atoms with Crippen LogP contribution in [0.2, 0.25) is 0 Å². The molecule has 1 aromatic carbocycles. The summed E-state index contributed by atoms with van der Waals surface area (Å²) < 4.78 is 0. The Kier molecular flexibility index (Phi) is 2.14. The lowest BCUT2D eigenvalue weighted by Gasteiger charge is -2.02. The molecule has 0 aliphatic heterocycles. The van der Waals surface area contributed by atoms with Crippen LogP contribution in [0.5, 0.6) is 0 Å². The molecule has 4 nitrogen and oxygen atoms in total. The first-order valence-electron chi connectivity index (χ1n) is 5.56. The van der Waals surface area contributed by atoms with Gasteiger partial charge in [0.25, 0.3) is 5.56 Å². The molecule has 3 aromatic rings. The van der Waals surface area contributed by atoms with Gasteiger partial charge in [0.2, 0.25) is 0 Å². The van der Waals surface area contributed by atoms with Crippen LogP contribution in [0.15, 0.2) is 35.1 Å². The van der Waals surface area contributed by atoms with Gasteiger partial charge in [-0.1, -0.05) is 25.1 Å². The summed E-state index contributed by atoms with van der Waals surface area (Å²) in [6.07, 6.45) is 0.694. The first kappa shape index (κ1) is 9.96. The highest BCUT2D eigenvalue weighted by atomic mass is 16.1. The molecule has 0 aliphatic rings. The fourth-order valence-corrected chi connectivity index (χ4v) is 1.88. The zero-order valence-electron chi connectivity index (χ0n) is 9.40. The largest absolute Gasteiger partial charge is 0.310 e. The quantitative estimate of drug-likeness (QED) is 0.645. The molecule has 0 radical (unpaired) electrons. The van der Waals surface area contributed by atoms with Crippen molar-refractivity contribution >= 4 is 21.9 Å². The van der Waals surface area contributed by atoms with Gasteiger partial charge < -0.3 is 4.98 Å². The van der Waals surface area contributed by atoms with Crippen LogP contribution in [-0.4, -0.2) is 15.0 Å². The lowest BCUT2D eigenvalue weighted by Crippen LogP contribution is -2.12. The van der Waals surface area contributed by atoms with E-state index in [0.29, 0.717) is 23.3 Å².